The molecule has 0 radical (unpaired) electrons. The summed E-state index contributed by atoms with van der Waals surface area (Å²) in [5.74, 6) is 0.669. The van der Waals surface area contributed by atoms with Gasteiger partial charge in [-0.1, -0.05) is 0 Å². The molecule has 3 rings (SSSR count). The highest BCUT2D eigenvalue weighted by molar-refractivity contribution is 5.56. The van der Waals surface area contributed by atoms with Crippen LogP contribution in [-0.4, -0.2) is 29.8 Å². The third-order valence-electron chi connectivity index (χ3n) is 4.47. The summed E-state index contributed by atoms with van der Waals surface area (Å²) in [6.45, 7) is 2.66. The van der Waals surface area contributed by atoms with Crippen molar-refractivity contribution in [3.05, 3.63) is 22.9 Å². The van der Waals surface area contributed by atoms with Crippen LogP contribution in [0.1, 0.15) is 43.0 Å². The number of nitrogens with one attached hydrogen (secondary N) is 1. The first-order valence-corrected chi connectivity index (χ1v) is 7.79. The normalized spacial score (nSPS) is 27.4. The Bertz CT molecular complexity index is 564. The molecule has 0 saturated heterocycles. The van der Waals surface area contributed by atoms with Crippen molar-refractivity contribution in [3.63, 3.8) is 0 Å². The molecule has 5 heteroatoms. The van der Waals surface area contributed by atoms with E-state index in [1.807, 2.05) is 13.0 Å². The van der Waals surface area contributed by atoms with E-state index in [1.165, 1.54) is 18.4 Å². The summed E-state index contributed by atoms with van der Waals surface area (Å²) in [6, 6.07) is 4.35. The predicted octanol–water partition coefficient (Wildman–Crippen LogP) is 1.75. The van der Waals surface area contributed by atoms with Crippen LogP contribution < -0.4 is 11.1 Å². The Morgan fingerprint density at radius 3 is 3.00 bits per heavy atom. The highest BCUT2D eigenvalue weighted by Gasteiger charge is 2.40. The van der Waals surface area contributed by atoms with Crippen molar-refractivity contribution in [1.82, 2.24) is 4.98 Å². The number of ether oxygens (including phenoxy) is 1. The zero-order valence-electron chi connectivity index (χ0n) is 12.4. The molecule has 1 aromatic heterocycles. The molecule has 1 fully saturated rings. The quantitative estimate of drug-likeness (QED) is 0.881. The van der Waals surface area contributed by atoms with E-state index >= 15 is 0 Å². The summed E-state index contributed by atoms with van der Waals surface area (Å²) in [4.78, 5) is 4.69. The average molecular weight is 286 g/mol. The van der Waals surface area contributed by atoms with Crippen molar-refractivity contribution >= 4 is 5.82 Å². The number of nitriles is 1. The number of anilines is 1. The molecule has 5 nitrogen and oxygen atoms in total. The standard InChI is InChI=1S/C16H22N4O/c1-2-21-14-8-12(18)15(14)20-16-11(9-17)7-10-5-3-4-6-13(10)19-16/h7,12,14-15H,2-6,8,18H2,1H3,(H,19,20). The number of hydrogen-bond acceptors (Lipinski definition) is 5. The number of aryl methyl sites for hydroxylation is 2. The molecule has 0 aromatic carbocycles. The van der Waals surface area contributed by atoms with E-state index in [9.17, 15) is 5.26 Å². The van der Waals surface area contributed by atoms with Gasteiger partial charge in [0.2, 0.25) is 0 Å². The van der Waals surface area contributed by atoms with Crippen LogP contribution in [0, 0.1) is 11.3 Å². The van der Waals surface area contributed by atoms with Gasteiger partial charge in [0, 0.05) is 18.3 Å². The van der Waals surface area contributed by atoms with E-state index in [1.54, 1.807) is 0 Å². The molecule has 0 amide bonds. The molecule has 112 valence electrons. The molecule has 3 unspecified atom stereocenters. The highest BCUT2D eigenvalue weighted by atomic mass is 16.5. The van der Waals surface area contributed by atoms with Crippen molar-refractivity contribution in [2.75, 3.05) is 11.9 Å². The predicted molar refractivity (Wildman–Crippen MR) is 81.0 cm³/mol. The Balaban J connectivity index is 1.83. The third kappa shape index (κ3) is 2.74. The Morgan fingerprint density at radius 1 is 1.48 bits per heavy atom. The highest BCUT2D eigenvalue weighted by Crippen LogP contribution is 2.29. The Kier molecular flexibility index (Phi) is 4.09. The first-order chi connectivity index (χ1) is 10.2. The van der Waals surface area contributed by atoms with Gasteiger partial charge in [-0.15, -0.1) is 0 Å². The smallest absolute Gasteiger partial charge is 0.144 e. The lowest BCUT2D eigenvalue weighted by molar-refractivity contribution is -0.0127. The second kappa shape index (κ2) is 6.00. The molecule has 21 heavy (non-hydrogen) atoms. The minimum atomic E-state index is 0.0474. The van der Waals surface area contributed by atoms with Gasteiger partial charge in [-0.25, -0.2) is 4.98 Å². The maximum absolute atomic E-state index is 9.37. The van der Waals surface area contributed by atoms with Gasteiger partial charge in [-0.05, 0) is 50.7 Å². The van der Waals surface area contributed by atoms with Crippen LogP contribution in [-0.2, 0) is 17.6 Å². The van der Waals surface area contributed by atoms with Crippen molar-refractivity contribution in [2.45, 2.75) is 57.2 Å². The lowest BCUT2D eigenvalue weighted by Crippen LogP contribution is -2.60. The van der Waals surface area contributed by atoms with Crippen molar-refractivity contribution < 1.29 is 4.74 Å². The van der Waals surface area contributed by atoms with Gasteiger partial charge in [-0.3, -0.25) is 0 Å². The topological polar surface area (TPSA) is 84.0 Å². The number of pyridine rings is 1. The zero-order chi connectivity index (χ0) is 14.8. The Labute approximate surface area is 125 Å². The minimum absolute atomic E-state index is 0.0474. The van der Waals surface area contributed by atoms with Crippen LogP contribution >= 0.6 is 0 Å². The van der Waals surface area contributed by atoms with Crippen molar-refractivity contribution in [1.29, 1.82) is 5.26 Å². The van der Waals surface area contributed by atoms with E-state index in [0.29, 0.717) is 18.0 Å². The lowest BCUT2D eigenvalue weighted by atomic mass is 9.83. The summed E-state index contributed by atoms with van der Waals surface area (Å²) in [6.07, 6.45) is 5.37. The van der Waals surface area contributed by atoms with Gasteiger partial charge >= 0.3 is 0 Å². The van der Waals surface area contributed by atoms with Crippen LogP contribution in [0.4, 0.5) is 5.82 Å². The number of nitrogens with two attached hydrogens (primary N) is 1. The summed E-state index contributed by atoms with van der Waals surface area (Å²) in [7, 11) is 0. The second-order valence-electron chi connectivity index (χ2n) is 5.87. The van der Waals surface area contributed by atoms with E-state index in [0.717, 1.165) is 25.0 Å². The van der Waals surface area contributed by atoms with Gasteiger partial charge in [-0.2, -0.15) is 5.26 Å². The summed E-state index contributed by atoms with van der Waals surface area (Å²) >= 11 is 0. The first kappa shape index (κ1) is 14.3. The summed E-state index contributed by atoms with van der Waals surface area (Å²) in [5, 5.41) is 12.7. The van der Waals surface area contributed by atoms with Gasteiger partial charge < -0.3 is 15.8 Å². The largest absolute Gasteiger partial charge is 0.376 e. The van der Waals surface area contributed by atoms with Crippen LogP contribution in [0.5, 0.6) is 0 Å². The number of nitrogens with zero attached hydrogens (tertiary/aromatic N) is 2. The van der Waals surface area contributed by atoms with Gasteiger partial charge in [0.05, 0.1) is 17.7 Å². The second-order valence-corrected chi connectivity index (χ2v) is 5.87. The van der Waals surface area contributed by atoms with Crippen LogP contribution in [0.15, 0.2) is 6.07 Å². The summed E-state index contributed by atoms with van der Waals surface area (Å²) < 4.78 is 5.67. The SMILES string of the molecule is CCOC1CC(N)C1Nc1nc2c(cc1C#N)CCCC2. The lowest BCUT2D eigenvalue weighted by Gasteiger charge is -2.42. The number of fused-ring (bicyclic) bond motifs is 1. The molecular formula is C16H22N4O. The van der Waals surface area contributed by atoms with Crippen LogP contribution in [0.3, 0.4) is 0 Å². The van der Waals surface area contributed by atoms with Crippen LogP contribution in [0.25, 0.3) is 0 Å². The van der Waals surface area contributed by atoms with Gasteiger partial charge in [0.15, 0.2) is 0 Å². The fourth-order valence-electron chi connectivity index (χ4n) is 3.21. The Hall–Kier alpha value is -1.64. The molecule has 0 aliphatic heterocycles. The van der Waals surface area contributed by atoms with Gasteiger partial charge in [0.1, 0.15) is 11.9 Å². The van der Waals surface area contributed by atoms with Crippen molar-refractivity contribution in [2.24, 2.45) is 5.73 Å². The monoisotopic (exact) mass is 286 g/mol. The maximum Gasteiger partial charge on any atom is 0.144 e. The Morgan fingerprint density at radius 2 is 2.29 bits per heavy atom. The van der Waals surface area contributed by atoms with E-state index in [2.05, 4.69) is 11.4 Å². The molecule has 0 bridgehead atoms. The fraction of sp³-hybridized carbons (Fsp3) is 0.625. The molecular weight excluding hydrogens is 264 g/mol. The minimum Gasteiger partial charge on any atom is -0.376 e. The molecule has 1 aromatic rings. The van der Waals surface area contributed by atoms with E-state index in [-0.39, 0.29) is 18.2 Å². The summed E-state index contributed by atoms with van der Waals surface area (Å²) in [5.41, 5.74) is 9.04. The molecule has 2 aliphatic rings. The van der Waals surface area contributed by atoms with E-state index < -0.39 is 0 Å². The van der Waals surface area contributed by atoms with Gasteiger partial charge in [0.25, 0.3) is 0 Å². The van der Waals surface area contributed by atoms with Crippen molar-refractivity contribution in [3.8, 4) is 6.07 Å². The zero-order valence-corrected chi connectivity index (χ0v) is 12.4. The van der Waals surface area contributed by atoms with E-state index in [4.69, 9.17) is 15.5 Å². The molecule has 1 saturated carbocycles. The van der Waals surface area contributed by atoms with Crippen LogP contribution in [0.2, 0.25) is 0 Å². The molecule has 2 aliphatic carbocycles. The third-order valence-corrected chi connectivity index (χ3v) is 4.47. The maximum atomic E-state index is 9.37. The fourth-order valence-corrected chi connectivity index (χ4v) is 3.21. The molecule has 3 N–H and O–H groups in total. The average Bonchev–Trinajstić information content (AvgIpc) is 2.51. The number of aromatic nitrogens is 1. The molecule has 0 spiro atoms. The number of rotatable bonds is 4. The number of hydrogen-bond donors (Lipinski definition) is 2. The molecule has 1 heterocycles. The molecule has 3 atom stereocenters. The first-order valence-electron chi connectivity index (χ1n) is 7.79.